The zero-order chi connectivity index (χ0) is 16.8. The normalized spacial score (nSPS) is 21.3. The first-order valence-electron chi connectivity index (χ1n) is 8.71. The number of ether oxygens (including phenoxy) is 1. The van der Waals surface area contributed by atoms with Crippen LogP contribution >= 0.6 is 0 Å². The Morgan fingerprint density at radius 3 is 2.09 bits per heavy atom. The van der Waals surface area contributed by atoms with E-state index in [1.807, 2.05) is 0 Å². The van der Waals surface area contributed by atoms with Crippen molar-refractivity contribution in [2.45, 2.75) is 70.5 Å². The van der Waals surface area contributed by atoms with E-state index >= 15 is 0 Å². The van der Waals surface area contributed by atoms with Crippen molar-refractivity contribution in [3.63, 3.8) is 0 Å². The van der Waals surface area contributed by atoms with Gasteiger partial charge in [0.2, 0.25) is 0 Å². The minimum absolute atomic E-state index is 0.251. The average molecular weight is 318 g/mol. The molecule has 0 aliphatic carbocycles. The van der Waals surface area contributed by atoms with E-state index in [1.54, 1.807) is 0 Å². The van der Waals surface area contributed by atoms with Gasteiger partial charge in [-0.2, -0.15) is 0 Å². The second-order valence-electron chi connectivity index (χ2n) is 5.74. The van der Waals surface area contributed by atoms with Gasteiger partial charge >= 0.3 is 5.97 Å². The number of carboxylic acids is 1. The summed E-state index contributed by atoms with van der Waals surface area (Å²) in [5.74, 6) is -0.719. The first kappa shape index (κ1) is 19.4. The van der Waals surface area contributed by atoms with Gasteiger partial charge in [0.25, 0.3) is 0 Å². The Balaban J connectivity index is 1.96. The summed E-state index contributed by atoms with van der Waals surface area (Å²) in [6, 6.07) is 0. The first-order chi connectivity index (χ1) is 11.2. The zero-order valence-electron chi connectivity index (χ0n) is 14.2. The Bertz CT molecular complexity index is 432. The topological polar surface area (TPSA) is 49.8 Å². The molecule has 0 bridgehead atoms. The van der Waals surface area contributed by atoms with E-state index in [4.69, 9.17) is 9.84 Å². The molecule has 1 heterocycles. The van der Waals surface area contributed by atoms with Crippen molar-refractivity contribution in [1.29, 1.82) is 0 Å². The van der Waals surface area contributed by atoms with Gasteiger partial charge in [-0.15, -0.1) is 0 Å². The third-order valence-corrected chi connectivity index (χ3v) is 3.63. The van der Waals surface area contributed by atoms with Crippen molar-refractivity contribution in [2.24, 2.45) is 0 Å². The number of unbranched alkanes of at least 4 members (excludes halogenated alkanes) is 1. The molecule has 1 fully saturated rings. The molecule has 0 saturated carbocycles. The molecule has 3 heteroatoms. The molecule has 1 rings (SSSR count). The van der Waals surface area contributed by atoms with E-state index in [0.717, 1.165) is 38.5 Å². The maximum atomic E-state index is 10.4. The Labute approximate surface area is 140 Å². The van der Waals surface area contributed by atoms with Crippen LogP contribution in [0.1, 0.15) is 58.3 Å². The molecule has 2 atom stereocenters. The van der Waals surface area contributed by atoms with Crippen LogP contribution in [0.2, 0.25) is 0 Å². The van der Waals surface area contributed by atoms with Crippen LogP contribution in [-0.4, -0.2) is 23.3 Å². The third kappa shape index (κ3) is 11.6. The number of carbonyl (C=O) groups is 1. The highest BCUT2D eigenvalue weighted by molar-refractivity contribution is 5.66. The molecule has 128 valence electrons. The molecule has 1 aliphatic rings. The van der Waals surface area contributed by atoms with Gasteiger partial charge in [-0.25, -0.2) is 0 Å². The maximum absolute atomic E-state index is 10.4. The Hall–Kier alpha value is -1.61. The largest absolute Gasteiger partial charge is 0.481 e. The highest BCUT2D eigenvalue weighted by Crippen LogP contribution is 2.29. The molecule has 23 heavy (non-hydrogen) atoms. The molecule has 1 aliphatic heterocycles. The highest BCUT2D eigenvalue weighted by atomic mass is 16.6. The van der Waals surface area contributed by atoms with E-state index in [0.29, 0.717) is 18.6 Å². The SMILES string of the molecule is CC/C=C\C/C=C\C/C=C\C[C@H]1O[C@@H]1C/C=C\CCCC(=O)O. The number of epoxide rings is 1. The van der Waals surface area contributed by atoms with Crippen LogP contribution < -0.4 is 0 Å². The lowest BCUT2D eigenvalue weighted by Crippen LogP contribution is -1.93. The lowest BCUT2D eigenvalue weighted by Gasteiger charge is -1.91. The summed E-state index contributed by atoms with van der Waals surface area (Å²) in [5.41, 5.74) is 0. The van der Waals surface area contributed by atoms with E-state index in [9.17, 15) is 4.79 Å². The molecule has 1 saturated heterocycles. The van der Waals surface area contributed by atoms with Crippen LogP contribution in [-0.2, 0) is 9.53 Å². The monoisotopic (exact) mass is 318 g/mol. The van der Waals surface area contributed by atoms with Crippen molar-refractivity contribution in [3.8, 4) is 0 Å². The minimum Gasteiger partial charge on any atom is -0.481 e. The number of rotatable bonds is 13. The Morgan fingerprint density at radius 1 is 0.913 bits per heavy atom. The third-order valence-electron chi connectivity index (χ3n) is 3.63. The van der Waals surface area contributed by atoms with Gasteiger partial charge in [-0.1, -0.05) is 55.5 Å². The first-order valence-corrected chi connectivity index (χ1v) is 8.71. The molecular weight excluding hydrogens is 288 g/mol. The van der Waals surface area contributed by atoms with Gasteiger partial charge in [0.1, 0.15) is 0 Å². The van der Waals surface area contributed by atoms with Gasteiger partial charge in [0.15, 0.2) is 0 Å². The number of aliphatic carboxylic acids is 1. The summed E-state index contributed by atoms with van der Waals surface area (Å²) in [6.07, 6.45) is 24.9. The molecule has 0 amide bonds. The Kier molecular flexibility index (Phi) is 10.9. The molecule has 0 aromatic carbocycles. The zero-order valence-corrected chi connectivity index (χ0v) is 14.2. The van der Waals surface area contributed by atoms with Crippen LogP contribution in [0.5, 0.6) is 0 Å². The summed E-state index contributed by atoms with van der Waals surface area (Å²) in [4.78, 5) is 10.4. The number of hydrogen-bond acceptors (Lipinski definition) is 2. The smallest absolute Gasteiger partial charge is 0.303 e. The second kappa shape index (κ2) is 12.9. The molecular formula is C20H30O3. The summed E-state index contributed by atoms with van der Waals surface area (Å²) >= 11 is 0. The van der Waals surface area contributed by atoms with Crippen molar-refractivity contribution >= 4 is 5.97 Å². The summed E-state index contributed by atoms with van der Waals surface area (Å²) in [7, 11) is 0. The lowest BCUT2D eigenvalue weighted by molar-refractivity contribution is -0.137. The van der Waals surface area contributed by atoms with Crippen molar-refractivity contribution in [2.75, 3.05) is 0 Å². The van der Waals surface area contributed by atoms with Crippen LogP contribution in [0.3, 0.4) is 0 Å². The highest BCUT2D eigenvalue weighted by Gasteiger charge is 2.35. The second-order valence-corrected chi connectivity index (χ2v) is 5.74. The van der Waals surface area contributed by atoms with Crippen molar-refractivity contribution < 1.29 is 14.6 Å². The fourth-order valence-electron chi connectivity index (χ4n) is 2.25. The predicted octanol–water partition coefficient (Wildman–Crippen LogP) is 5.20. The minimum atomic E-state index is -0.719. The van der Waals surface area contributed by atoms with Crippen LogP contribution in [0, 0.1) is 0 Å². The summed E-state index contributed by atoms with van der Waals surface area (Å²) < 4.78 is 5.61. The molecule has 3 nitrogen and oxygen atoms in total. The van der Waals surface area contributed by atoms with Gasteiger partial charge in [-0.3, -0.25) is 4.79 Å². The van der Waals surface area contributed by atoms with Gasteiger partial charge in [0, 0.05) is 6.42 Å². The summed E-state index contributed by atoms with van der Waals surface area (Å²) in [6.45, 7) is 2.14. The average Bonchev–Trinajstić information content (AvgIpc) is 3.27. The number of hydrogen-bond donors (Lipinski definition) is 1. The van der Waals surface area contributed by atoms with E-state index in [2.05, 4.69) is 55.5 Å². The van der Waals surface area contributed by atoms with Gasteiger partial charge in [0.05, 0.1) is 12.2 Å². The molecule has 0 unspecified atom stereocenters. The molecule has 0 spiro atoms. The van der Waals surface area contributed by atoms with E-state index < -0.39 is 5.97 Å². The quantitative estimate of drug-likeness (QED) is 0.288. The van der Waals surface area contributed by atoms with Crippen LogP contribution in [0.15, 0.2) is 48.6 Å². The molecule has 0 radical (unpaired) electrons. The standard InChI is InChI=1S/C20H30O3/c1-2-3-4-5-6-7-8-9-12-15-18-19(23-18)16-13-10-11-14-17-20(21)22/h3-4,6-7,9-10,12-13,18-19H,2,5,8,11,14-17H2,1H3,(H,21,22)/b4-3-,7-6-,12-9-,13-10-/t18-,19-/m1/s1. The van der Waals surface area contributed by atoms with Crippen molar-refractivity contribution in [3.05, 3.63) is 48.6 Å². The van der Waals surface area contributed by atoms with Gasteiger partial charge < -0.3 is 9.84 Å². The van der Waals surface area contributed by atoms with E-state index in [-0.39, 0.29) is 6.42 Å². The molecule has 0 aromatic heterocycles. The number of allylic oxidation sites excluding steroid dienone is 6. The van der Waals surface area contributed by atoms with Gasteiger partial charge in [-0.05, 0) is 44.9 Å². The van der Waals surface area contributed by atoms with Crippen LogP contribution in [0.4, 0.5) is 0 Å². The fourth-order valence-corrected chi connectivity index (χ4v) is 2.25. The summed E-state index contributed by atoms with van der Waals surface area (Å²) in [5, 5.41) is 8.53. The van der Waals surface area contributed by atoms with Crippen LogP contribution in [0.25, 0.3) is 0 Å². The Morgan fingerprint density at radius 2 is 1.48 bits per heavy atom. The number of carboxylic acid groups (broad SMARTS) is 1. The lowest BCUT2D eigenvalue weighted by atomic mass is 10.1. The maximum Gasteiger partial charge on any atom is 0.303 e. The molecule has 1 N–H and O–H groups in total. The molecule has 0 aromatic rings. The van der Waals surface area contributed by atoms with E-state index in [1.165, 1.54) is 0 Å². The predicted molar refractivity (Wildman–Crippen MR) is 95.5 cm³/mol. The van der Waals surface area contributed by atoms with Crippen molar-refractivity contribution in [1.82, 2.24) is 0 Å². The fraction of sp³-hybridized carbons (Fsp3) is 0.550.